The fourth-order valence-corrected chi connectivity index (χ4v) is 10.8. The van der Waals surface area contributed by atoms with Crippen molar-refractivity contribution in [1.82, 2.24) is 5.32 Å². The molecular weight excluding hydrogens is 1150 g/mol. The van der Waals surface area contributed by atoms with Crippen LogP contribution >= 0.6 is 0 Å². The third-order valence-electron chi connectivity index (χ3n) is 16.3. The van der Waals surface area contributed by atoms with Crippen LogP contribution in [0.5, 0.6) is 0 Å². The highest BCUT2D eigenvalue weighted by Gasteiger charge is 2.53. The van der Waals surface area contributed by atoms with Crippen LogP contribution in [0.4, 0.5) is 0 Å². The Balaban J connectivity index is 1.41. The predicted octanol–water partition coefficient (Wildman–Crippen LogP) is 8.66. The Morgan fingerprint density at radius 3 is 1.24 bits per heavy atom. The second kappa shape index (κ2) is 51.8. The van der Waals surface area contributed by atoms with Crippen LogP contribution in [0.1, 0.15) is 200 Å². The highest BCUT2D eigenvalue weighted by Crippen LogP contribution is 2.33. The lowest BCUT2D eigenvalue weighted by molar-refractivity contribution is -0.379. The molecule has 3 aliphatic rings. The van der Waals surface area contributed by atoms with Gasteiger partial charge in [-0.05, 0) is 89.9 Å². The van der Waals surface area contributed by atoms with E-state index in [1.54, 1.807) is 6.08 Å². The van der Waals surface area contributed by atoms with Gasteiger partial charge in [0.2, 0.25) is 5.91 Å². The number of rotatable bonds is 50. The van der Waals surface area contributed by atoms with Crippen LogP contribution in [0.2, 0.25) is 0 Å². The van der Waals surface area contributed by atoms with Crippen LogP contribution < -0.4 is 5.32 Å². The van der Waals surface area contributed by atoms with Crippen molar-refractivity contribution in [3.63, 3.8) is 0 Å². The van der Waals surface area contributed by atoms with Crippen LogP contribution in [-0.2, 0) is 33.2 Å². The highest BCUT2D eigenvalue weighted by atomic mass is 16.8. The molecule has 19 nitrogen and oxygen atoms in total. The molecule has 0 bridgehead atoms. The number of aliphatic hydroxyl groups excluding tert-OH is 11. The molecule has 3 rings (SSSR count). The molecule has 12 N–H and O–H groups in total. The maximum Gasteiger partial charge on any atom is 0.220 e. The number of carbonyl (C=O) groups is 1. The van der Waals surface area contributed by atoms with E-state index in [0.717, 1.165) is 96.3 Å². The van der Waals surface area contributed by atoms with E-state index in [0.29, 0.717) is 12.8 Å². The van der Waals surface area contributed by atoms with Gasteiger partial charge < -0.3 is 89.9 Å². The van der Waals surface area contributed by atoms with Crippen molar-refractivity contribution in [3.8, 4) is 0 Å². The summed E-state index contributed by atoms with van der Waals surface area (Å²) in [7, 11) is 0. The third-order valence-corrected chi connectivity index (χ3v) is 16.3. The first-order valence-electron chi connectivity index (χ1n) is 34.1. The van der Waals surface area contributed by atoms with Crippen LogP contribution in [0.15, 0.2) is 109 Å². The van der Waals surface area contributed by atoms with Gasteiger partial charge in [-0.2, -0.15) is 0 Å². The number of carbonyl (C=O) groups excluding carboxylic acids is 1. The quantitative estimate of drug-likeness (QED) is 0.0200. The Morgan fingerprint density at radius 1 is 0.411 bits per heavy atom. The monoisotopic (exact) mass is 1270 g/mol. The summed E-state index contributed by atoms with van der Waals surface area (Å²) in [6.07, 6.45) is 42.1. The third kappa shape index (κ3) is 33.5. The molecule has 17 atom stereocenters. The van der Waals surface area contributed by atoms with E-state index in [4.69, 9.17) is 28.4 Å². The standard InChI is InChI=1S/C71H119NO18/c1-3-5-7-9-11-13-15-17-19-20-21-22-23-24-25-26-27-28-29-30-31-32-33-34-35-37-39-41-43-45-47-49-59(77)72-54(55(76)48-46-44-42-40-38-36-18-16-14-12-10-8-6-4-2)53-85-69-65(83)62(80)67(57(51-74)87-69)90-71-66(84)63(81)68(58(52-75)88-71)89-70-64(82)61(79)60(78)56(50-73)86-70/h5,7,11,13,17,19,21-22,24-25,27-28,30-31,38,40,46,48,54-58,60-71,73-76,78-84H,3-4,6,8-10,12,14-16,18,20,23,26,29,32-37,39,41-45,47,49-53H2,1-2H3,(H,72,77)/b7-5-,13-11-,19-17-,22-21-,25-24-,28-27-,31-30-,40-38+,48-46+. The maximum atomic E-state index is 13.4. The largest absolute Gasteiger partial charge is 0.394 e. The summed E-state index contributed by atoms with van der Waals surface area (Å²) in [5.41, 5.74) is 0. The molecule has 90 heavy (non-hydrogen) atoms. The number of allylic oxidation sites excluding steroid dienone is 17. The summed E-state index contributed by atoms with van der Waals surface area (Å²) in [5, 5.41) is 120. The van der Waals surface area contributed by atoms with Crippen molar-refractivity contribution < 1.29 is 89.4 Å². The van der Waals surface area contributed by atoms with E-state index in [2.05, 4.69) is 116 Å². The van der Waals surface area contributed by atoms with E-state index in [1.807, 2.05) is 6.08 Å². The fraction of sp³-hybridized carbons (Fsp3) is 0.732. The fourth-order valence-electron chi connectivity index (χ4n) is 10.8. The van der Waals surface area contributed by atoms with Gasteiger partial charge in [0, 0.05) is 6.42 Å². The molecule has 0 saturated carbocycles. The average molecular weight is 1270 g/mol. The van der Waals surface area contributed by atoms with Gasteiger partial charge >= 0.3 is 0 Å². The Kier molecular flexibility index (Phi) is 46.5. The van der Waals surface area contributed by atoms with Crippen LogP contribution in [-0.4, -0.2) is 193 Å². The summed E-state index contributed by atoms with van der Waals surface area (Å²) in [4.78, 5) is 13.4. The minimum absolute atomic E-state index is 0.221. The zero-order chi connectivity index (χ0) is 65.4. The number of nitrogens with one attached hydrogen (secondary N) is 1. The molecule has 516 valence electrons. The Morgan fingerprint density at radius 2 is 0.778 bits per heavy atom. The first-order valence-corrected chi connectivity index (χ1v) is 34.1. The number of aliphatic hydroxyl groups is 11. The van der Waals surface area contributed by atoms with Gasteiger partial charge in [-0.25, -0.2) is 0 Å². The highest BCUT2D eigenvalue weighted by molar-refractivity contribution is 5.76. The van der Waals surface area contributed by atoms with Crippen molar-refractivity contribution in [2.45, 2.75) is 304 Å². The molecule has 19 heteroatoms. The molecule has 0 radical (unpaired) electrons. The molecule has 3 fully saturated rings. The van der Waals surface area contributed by atoms with E-state index >= 15 is 0 Å². The summed E-state index contributed by atoms with van der Waals surface area (Å²) >= 11 is 0. The molecule has 0 aliphatic carbocycles. The SMILES string of the molecule is CC/C=C\C/C=C\C/C=C\C/C=C\C/C=C\C/C=C\C/C=C\CCCCCCCCCCCC(=O)NC(COC1OC(CO)C(OC2OC(CO)C(OC3OC(CO)C(O)C(O)C3O)C(O)C2O)C(O)C1O)C(O)/C=C/CC/C=C/CCCCCCCCCC. The normalized spacial score (nSPS) is 28.7. The van der Waals surface area contributed by atoms with Gasteiger partial charge in [-0.15, -0.1) is 0 Å². The Hall–Kier alpha value is -3.55. The lowest BCUT2D eigenvalue weighted by atomic mass is 9.96. The average Bonchev–Trinajstić information content (AvgIpc) is 0.908. The molecule has 3 heterocycles. The molecule has 3 aliphatic heterocycles. The molecule has 1 amide bonds. The van der Waals surface area contributed by atoms with Crippen LogP contribution in [0.25, 0.3) is 0 Å². The van der Waals surface area contributed by atoms with Gasteiger partial charge in [0.25, 0.3) is 0 Å². The second-order valence-electron chi connectivity index (χ2n) is 23.9. The maximum absolute atomic E-state index is 13.4. The second-order valence-corrected chi connectivity index (χ2v) is 23.9. The van der Waals surface area contributed by atoms with Crippen molar-refractivity contribution >= 4 is 5.91 Å². The summed E-state index contributed by atoms with van der Waals surface area (Å²) in [6.45, 7) is 1.56. The van der Waals surface area contributed by atoms with Gasteiger partial charge in [0.05, 0.1) is 38.6 Å². The van der Waals surface area contributed by atoms with E-state index in [-0.39, 0.29) is 18.9 Å². The molecular formula is C71H119NO18. The van der Waals surface area contributed by atoms with Gasteiger partial charge in [0.1, 0.15) is 73.2 Å². The lowest BCUT2D eigenvalue weighted by Crippen LogP contribution is -2.66. The number of amides is 1. The van der Waals surface area contributed by atoms with Crippen LogP contribution in [0.3, 0.4) is 0 Å². The predicted molar refractivity (Wildman–Crippen MR) is 350 cm³/mol. The van der Waals surface area contributed by atoms with Crippen molar-refractivity contribution in [2.24, 2.45) is 0 Å². The first kappa shape index (κ1) is 80.7. The number of hydrogen-bond donors (Lipinski definition) is 12. The summed E-state index contributed by atoms with van der Waals surface area (Å²) in [5.74, 6) is -0.298. The van der Waals surface area contributed by atoms with E-state index < -0.39 is 124 Å². The van der Waals surface area contributed by atoms with Gasteiger partial charge in [0.15, 0.2) is 18.9 Å². The van der Waals surface area contributed by atoms with Gasteiger partial charge in [-0.3, -0.25) is 4.79 Å². The van der Waals surface area contributed by atoms with Gasteiger partial charge in [-0.1, -0.05) is 213 Å². The number of hydrogen-bond acceptors (Lipinski definition) is 18. The first-order chi connectivity index (χ1) is 43.8. The van der Waals surface area contributed by atoms with Crippen molar-refractivity contribution in [3.05, 3.63) is 109 Å². The Labute approximate surface area is 538 Å². The molecule has 0 spiro atoms. The minimum atomic E-state index is -1.99. The molecule has 0 aromatic rings. The molecule has 0 aromatic carbocycles. The smallest absolute Gasteiger partial charge is 0.220 e. The van der Waals surface area contributed by atoms with Crippen molar-refractivity contribution in [1.29, 1.82) is 0 Å². The summed E-state index contributed by atoms with van der Waals surface area (Å²) in [6, 6.07) is -1.00. The molecule has 0 aromatic heterocycles. The van der Waals surface area contributed by atoms with E-state index in [1.165, 1.54) is 70.6 Å². The molecule has 17 unspecified atom stereocenters. The number of unbranched alkanes of at least 4 members (excludes halogenated alkanes) is 18. The van der Waals surface area contributed by atoms with Crippen molar-refractivity contribution in [2.75, 3.05) is 26.4 Å². The molecule has 3 saturated heterocycles. The summed E-state index contributed by atoms with van der Waals surface area (Å²) < 4.78 is 34.3. The topological polar surface area (TPSA) is 307 Å². The van der Waals surface area contributed by atoms with Crippen LogP contribution in [0, 0.1) is 0 Å². The minimum Gasteiger partial charge on any atom is -0.394 e. The zero-order valence-corrected chi connectivity index (χ0v) is 54.3. The number of ether oxygens (including phenoxy) is 6. The van der Waals surface area contributed by atoms with E-state index in [9.17, 15) is 61.0 Å². The Bertz CT molecular complexity index is 2060. The zero-order valence-electron chi connectivity index (χ0n) is 54.3. The lowest BCUT2D eigenvalue weighted by Gasteiger charge is -2.48.